The van der Waals surface area contributed by atoms with Crippen molar-refractivity contribution in [3.63, 3.8) is 0 Å². The molecule has 1 heterocycles. The number of esters is 2. The van der Waals surface area contributed by atoms with Crippen molar-refractivity contribution in [3.05, 3.63) is 46.3 Å². The molecule has 1 amide bonds. The van der Waals surface area contributed by atoms with Crippen molar-refractivity contribution in [2.45, 2.75) is 26.9 Å². The number of alkyl halides is 3. The van der Waals surface area contributed by atoms with E-state index >= 15 is 0 Å². The molecule has 12 heteroatoms. The summed E-state index contributed by atoms with van der Waals surface area (Å²) in [6, 6.07) is 2.61. The van der Waals surface area contributed by atoms with E-state index < -0.39 is 36.2 Å². The van der Waals surface area contributed by atoms with Crippen molar-refractivity contribution in [1.82, 2.24) is 4.98 Å². The van der Waals surface area contributed by atoms with E-state index in [1.54, 1.807) is 13.8 Å². The normalized spacial score (nSPS) is 11.1. The number of aryl methyl sites for hydroxylation is 1. The van der Waals surface area contributed by atoms with Crippen LogP contribution in [-0.4, -0.2) is 56.4 Å². The zero-order valence-electron chi connectivity index (χ0n) is 19.1. The Balaban J connectivity index is 2.12. The number of nitrogens with one attached hydrogen (secondary N) is 2. The van der Waals surface area contributed by atoms with Crippen molar-refractivity contribution in [2.24, 2.45) is 0 Å². The second-order valence-electron chi connectivity index (χ2n) is 7.02. The molecule has 186 valence electrons. The Labute approximate surface area is 193 Å². The minimum atomic E-state index is -4.64. The Morgan fingerprint density at radius 2 is 1.76 bits per heavy atom. The molecular weight excluding hydrogens is 461 g/mol. The summed E-state index contributed by atoms with van der Waals surface area (Å²) >= 11 is 0. The predicted molar refractivity (Wildman–Crippen MR) is 114 cm³/mol. The number of benzene rings is 1. The molecule has 2 N–H and O–H groups in total. The van der Waals surface area contributed by atoms with Gasteiger partial charge < -0.3 is 29.2 Å². The lowest BCUT2D eigenvalue weighted by atomic mass is 10.1. The molecule has 0 aliphatic carbocycles. The van der Waals surface area contributed by atoms with E-state index in [4.69, 9.17) is 18.9 Å². The van der Waals surface area contributed by atoms with Crippen LogP contribution in [0.4, 0.5) is 18.9 Å². The van der Waals surface area contributed by atoms with Gasteiger partial charge in [-0.25, -0.2) is 9.59 Å². The molecule has 0 bridgehead atoms. The maximum Gasteiger partial charge on any atom is 0.416 e. The summed E-state index contributed by atoms with van der Waals surface area (Å²) < 4.78 is 59.4. The first kappa shape index (κ1) is 26.7. The Bertz CT molecular complexity index is 1050. The van der Waals surface area contributed by atoms with Gasteiger partial charge in [0, 0.05) is 12.8 Å². The average molecular weight is 486 g/mol. The highest BCUT2D eigenvalue weighted by Gasteiger charge is 2.31. The molecule has 0 unspecified atom stereocenters. The van der Waals surface area contributed by atoms with E-state index in [0.29, 0.717) is 11.8 Å². The standard InChI is InChI=1S/C22H25F3N2O7/c1-5-32-21(30)19-12(2)18(13(3)26-19)20(29)34-11-17(28)27-15-10-14(22(23,24)25)6-7-16(15)33-9-8-31-4/h6-7,10,26H,5,8-9,11H2,1-4H3,(H,27,28). The monoisotopic (exact) mass is 486 g/mol. The van der Waals surface area contributed by atoms with Gasteiger partial charge in [-0.2, -0.15) is 13.2 Å². The Hall–Kier alpha value is -3.54. The van der Waals surface area contributed by atoms with Crippen LogP contribution in [0, 0.1) is 13.8 Å². The zero-order valence-corrected chi connectivity index (χ0v) is 19.1. The van der Waals surface area contributed by atoms with Gasteiger partial charge in [0.15, 0.2) is 6.61 Å². The number of anilines is 1. The molecule has 0 saturated carbocycles. The summed E-state index contributed by atoms with van der Waals surface area (Å²) in [6.07, 6.45) is -4.64. The lowest BCUT2D eigenvalue weighted by Gasteiger charge is -2.15. The topological polar surface area (TPSA) is 116 Å². The van der Waals surface area contributed by atoms with Gasteiger partial charge in [0.2, 0.25) is 0 Å². The molecule has 0 aliphatic rings. The number of aromatic nitrogens is 1. The Morgan fingerprint density at radius 1 is 1.06 bits per heavy atom. The largest absolute Gasteiger partial charge is 0.489 e. The molecular formula is C22H25F3N2O7. The van der Waals surface area contributed by atoms with Crippen molar-refractivity contribution in [2.75, 3.05) is 38.9 Å². The molecule has 0 atom stereocenters. The first-order valence-corrected chi connectivity index (χ1v) is 10.2. The maximum absolute atomic E-state index is 13.1. The van der Waals surface area contributed by atoms with E-state index in [9.17, 15) is 27.6 Å². The van der Waals surface area contributed by atoms with Crippen LogP contribution < -0.4 is 10.1 Å². The van der Waals surface area contributed by atoms with Crippen LogP contribution in [0.15, 0.2) is 18.2 Å². The number of ether oxygens (including phenoxy) is 4. The predicted octanol–water partition coefficient (Wildman–Crippen LogP) is 3.65. The van der Waals surface area contributed by atoms with Gasteiger partial charge >= 0.3 is 18.1 Å². The molecule has 0 fully saturated rings. The minimum Gasteiger partial charge on any atom is -0.489 e. The summed E-state index contributed by atoms with van der Waals surface area (Å²) in [5.41, 5.74) is -0.489. The third-order valence-corrected chi connectivity index (χ3v) is 4.58. The van der Waals surface area contributed by atoms with E-state index in [0.717, 1.165) is 12.1 Å². The van der Waals surface area contributed by atoms with Crippen LogP contribution in [0.5, 0.6) is 5.75 Å². The van der Waals surface area contributed by atoms with Crippen molar-refractivity contribution >= 4 is 23.5 Å². The van der Waals surface area contributed by atoms with Crippen LogP contribution in [-0.2, 0) is 25.2 Å². The molecule has 1 aromatic heterocycles. The molecule has 0 spiro atoms. The highest BCUT2D eigenvalue weighted by molar-refractivity contribution is 6.00. The third kappa shape index (κ3) is 6.73. The van der Waals surface area contributed by atoms with Gasteiger partial charge in [0.1, 0.15) is 18.1 Å². The quantitative estimate of drug-likeness (QED) is 0.389. The van der Waals surface area contributed by atoms with Gasteiger partial charge in [-0.15, -0.1) is 0 Å². The van der Waals surface area contributed by atoms with Crippen molar-refractivity contribution < 1.29 is 46.5 Å². The SMILES string of the molecule is CCOC(=O)c1[nH]c(C)c(C(=O)OCC(=O)Nc2cc(C(F)(F)F)ccc2OCCOC)c1C. The second-order valence-corrected chi connectivity index (χ2v) is 7.02. The van der Waals surface area contributed by atoms with Crippen LogP contribution in [0.2, 0.25) is 0 Å². The summed E-state index contributed by atoms with van der Waals surface area (Å²) in [4.78, 5) is 39.6. The number of amides is 1. The minimum absolute atomic E-state index is 0.0128. The summed E-state index contributed by atoms with van der Waals surface area (Å²) in [5, 5.41) is 2.26. The number of hydrogen-bond acceptors (Lipinski definition) is 7. The van der Waals surface area contributed by atoms with Crippen LogP contribution in [0.1, 0.15) is 44.6 Å². The number of aromatic amines is 1. The van der Waals surface area contributed by atoms with E-state index in [1.165, 1.54) is 14.0 Å². The fraction of sp³-hybridized carbons (Fsp3) is 0.409. The highest BCUT2D eigenvalue weighted by Crippen LogP contribution is 2.35. The number of rotatable bonds is 10. The maximum atomic E-state index is 13.1. The number of hydrogen-bond donors (Lipinski definition) is 2. The van der Waals surface area contributed by atoms with Gasteiger partial charge in [0.25, 0.3) is 5.91 Å². The van der Waals surface area contributed by atoms with Gasteiger partial charge in [0.05, 0.1) is 30.0 Å². The first-order valence-electron chi connectivity index (χ1n) is 10.2. The zero-order chi connectivity index (χ0) is 25.5. The molecule has 0 radical (unpaired) electrons. The van der Waals surface area contributed by atoms with E-state index in [1.807, 2.05) is 0 Å². The van der Waals surface area contributed by atoms with Crippen LogP contribution >= 0.6 is 0 Å². The fourth-order valence-electron chi connectivity index (χ4n) is 3.02. The number of carbonyl (C=O) groups excluding carboxylic acids is 3. The average Bonchev–Trinajstić information content (AvgIpc) is 3.06. The molecule has 34 heavy (non-hydrogen) atoms. The smallest absolute Gasteiger partial charge is 0.416 e. The lowest BCUT2D eigenvalue weighted by molar-refractivity contribution is -0.137. The number of H-pyrrole nitrogens is 1. The molecule has 0 aliphatic heterocycles. The number of carbonyl (C=O) groups is 3. The molecule has 9 nitrogen and oxygen atoms in total. The lowest BCUT2D eigenvalue weighted by Crippen LogP contribution is -2.22. The molecule has 2 aromatic rings. The molecule has 2 rings (SSSR count). The number of halogens is 3. The van der Waals surface area contributed by atoms with Gasteiger partial charge in [-0.3, -0.25) is 4.79 Å². The Morgan fingerprint density at radius 3 is 2.38 bits per heavy atom. The summed E-state index contributed by atoms with van der Waals surface area (Å²) in [7, 11) is 1.43. The van der Waals surface area contributed by atoms with Gasteiger partial charge in [-0.1, -0.05) is 0 Å². The second kappa shape index (κ2) is 11.5. The van der Waals surface area contributed by atoms with E-state index in [2.05, 4.69) is 10.3 Å². The molecule has 1 aromatic carbocycles. The third-order valence-electron chi connectivity index (χ3n) is 4.58. The van der Waals surface area contributed by atoms with Crippen LogP contribution in [0.25, 0.3) is 0 Å². The van der Waals surface area contributed by atoms with Crippen molar-refractivity contribution in [1.29, 1.82) is 0 Å². The van der Waals surface area contributed by atoms with Crippen molar-refractivity contribution in [3.8, 4) is 5.75 Å². The Kier molecular flexibility index (Phi) is 9.07. The molecule has 0 saturated heterocycles. The fourth-order valence-corrected chi connectivity index (χ4v) is 3.02. The summed E-state index contributed by atoms with van der Waals surface area (Å²) in [6.45, 7) is 4.25. The number of methoxy groups -OCH3 is 1. The highest BCUT2D eigenvalue weighted by atomic mass is 19.4. The first-order chi connectivity index (χ1) is 16.0. The van der Waals surface area contributed by atoms with E-state index in [-0.39, 0.29) is 48.1 Å². The van der Waals surface area contributed by atoms with Crippen LogP contribution in [0.3, 0.4) is 0 Å². The van der Waals surface area contributed by atoms with Gasteiger partial charge in [-0.05, 0) is 44.5 Å². The summed E-state index contributed by atoms with van der Waals surface area (Å²) in [5.74, 6) is -2.44.